The molecular weight excluding hydrogens is 398 g/mol. The maximum atomic E-state index is 12.4. The van der Waals surface area contributed by atoms with E-state index in [0.717, 1.165) is 11.1 Å². The van der Waals surface area contributed by atoms with Crippen molar-refractivity contribution >= 4 is 23.8 Å². The lowest BCUT2D eigenvalue weighted by Crippen LogP contribution is -2.47. The van der Waals surface area contributed by atoms with Gasteiger partial charge < -0.3 is 15.4 Å². The van der Waals surface area contributed by atoms with E-state index in [1.807, 2.05) is 60.7 Å². The van der Waals surface area contributed by atoms with Gasteiger partial charge in [0, 0.05) is 6.54 Å². The zero-order valence-corrected chi connectivity index (χ0v) is 17.6. The van der Waals surface area contributed by atoms with E-state index in [4.69, 9.17) is 4.74 Å². The molecule has 1 atom stereocenters. The van der Waals surface area contributed by atoms with Crippen LogP contribution in [0.2, 0.25) is 0 Å². The smallest absolute Gasteiger partial charge is 0.329 e. The number of esters is 1. The summed E-state index contributed by atoms with van der Waals surface area (Å²) in [5, 5.41) is 7.28. The van der Waals surface area contributed by atoms with Crippen LogP contribution in [0.3, 0.4) is 0 Å². The third kappa shape index (κ3) is 8.69. The Morgan fingerprint density at radius 2 is 1.42 bits per heavy atom. The van der Waals surface area contributed by atoms with Crippen molar-refractivity contribution in [2.75, 3.05) is 6.61 Å². The summed E-state index contributed by atoms with van der Waals surface area (Å²) in [6.07, 6.45) is 0.124. The first-order valence-electron chi connectivity index (χ1n) is 9.96. The lowest BCUT2D eigenvalue weighted by atomic mass is 10.0. The molecule has 3 N–H and O–H groups in total. The van der Waals surface area contributed by atoms with Crippen molar-refractivity contribution in [2.24, 2.45) is 5.92 Å². The van der Waals surface area contributed by atoms with Gasteiger partial charge in [-0.15, -0.1) is 0 Å². The molecule has 0 aliphatic carbocycles. The topological polar surface area (TPSA) is 114 Å². The fraction of sp³-hybridized carbons (Fsp3) is 0.304. The largest absolute Gasteiger partial charge is 0.454 e. The van der Waals surface area contributed by atoms with Gasteiger partial charge in [-0.2, -0.15) is 0 Å². The zero-order chi connectivity index (χ0) is 22.6. The quantitative estimate of drug-likeness (QED) is 0.532. The monoisotopic (exact) mass is 425 g/mol. The minimum absolute atomic E-state index is 0.124. The van der Waals surface area contributed by atoms with Crippen LogP contribution in [0, 0.1) is 5.92 Å². The maximum Gasteiger partial charge on any atom is 0.329 e. The van der Waals surface area contributed by atoms with E-state index < -0.39 is 30.6 Å². The van der Waals surface area contributed by atoms with Crippen molar-refractivity contribution in [1.82, 2.24) is 16.0 Å². The molecule has 4 amide bonds. The molecule has 0 bridgehead atoms. The number of amides is 4. The number of carbonyl (C=O) groups is 4. The van der Waals surface area contributed by atoms with Crippen LogP contribution in [0.1, 0.15) is 25.0 Å². The van der Waals surface area contributed by atoms with Crippen LogP contribution in [-0.2, 0) is 32.1 Å². The summed E-state index contributed by atoms with van der Waals surface area (Å²) >= 11 is 0. The molecule has 0 aromatic heterocycles. The Balaban J connectivity index is 1.76. The normalized spacial score (nSPS) is 11.3. The molecule has 0 saturated carbocycles. The highest BCUT2D eigenvalue weighted by Crippen LogP contribution is 2.06. The van der Waals surface area contributed by atoms with Crippen LogP contribution >= 0.6 is 0 Å². The Labute approximate surface area is 181 Å². The van der Waals surface area contributed by atoms with Crippen molar-refractivity contribution < 1.29 is 23.9 Å². The molecule has 8 heteroatoms. The Kier molecular flexibility index (Phi) is 9.22. The molecule has 0 saturated heterocycles. The first-order chi connectivity index (χ1) is 14.8. The second-order valence-corrected chi connectivity index (χ2v) is 7.28. The lowest BCUT2D eigenvalue weighted by molar-refractivity contribution is -0.152. The number of benzene rings is 2. The number of imide groups is 1. The minimum atomic E-state index is -0.907. The third-order valence-corrected chi connectivity index (χ3v) is 4.34. The second-order valence-electron chi connectivity index (χ2n) is 7.28. The number of ether oxygens (including phenoxy) is 1. The van der Waals surface area contributed by atoms with E-state index in [1.165, 1.54) is 0 Å². The number of carbonyl (C=O) groups excluding carboxylic acids is 4. The lowest BCUT2D eigenvalue weighted by Gasteiger charge is -2.20. The van der Waals surface area contributed by atoms with Crippen molar-refractivity contribution in [3.05, 3.63) is 71.8 Å². The predicted molar refractivity (Wildman–Crippen MR) is 115 cm³/mol. The maximum absolute atomic E-state index is 12.4. The van der Waals surface area contributed by atoms with E-state index in [9.17, 15) is 19.2 Å². The number of hydrogen-bond donors (Lipinski definition) is 3. The Morgan fingerprint density at radius 1 is 0.839 bits per heavy atom. The average Bonchev–Trinajstić information content (AvgIpc) is 2.75. The third-order valence-electron chi connectivity index (χ3n) is 4.34. The predicted octanol–water partition coefficient (Wildman–Crippen LogP) is 1.94. The molecule has 8 nitrogen and oxygen atoms in total. The van der Waals surface area contributed by atoms with E-state index in [1.54, 1.807) is 13.8 Å². The summed E-state index contributed by atoms with van der Waals surface area (Å²) in [6, 6.07) is 16.7. The fourth-order valence-corrected chi connectivity index (χ4v) is 2.72. The first-order valence-corrected chi connectivity index (χ1v) is 9.96. The van der Waals surface area contributed by atoms with Gasteiger partial charge in [0.15, 0.2) is 6.61 Å². The molecule has 0 aliphatic heterocycles. The van der Waals surface area contributed by atoms with Gasteiger partial charge in [-0.1, -0.05) is 74.5 Å². The minimum Gasteiger partial charge on any atom is -0.454 e. The van der Waals surface area contributed by atoms with Gasteiger partial charge in [0.1, 0.15) is 6.04 Å². The summed E-state index contributed by atoms with van der Waals surface area (Å²) in [6.45, 7) is 3.13. The van der Waals surface area contributed by atoms with Crippen LogP contribution in [0.5, 0.6) is 0 Å². The fourth-order valence-electron chi connectivity index (χ4n) is 2.72. The highest BCUT2D eigenvalue weighted by atomic mass is 16.5. The van der Waals surface area contributed by atoms with E-state index in [0.29, 0.717) is 0 Å². The molecule has 0 heterocycles. The van der Waals surface area contributed by atoms with Crippen LogP contribution in [0.15, 0.2) is 60.7 Å². The molecule has 2 aromatic rings. The van der Waals surface area contributed by atoms with Crippen LogP contribution < -0.4 is 16.0 Å². The number of nitrogens with one attached hydrogen (secondary N) is 3. The van der Waals surface area contributed by atoms with E-state index in [-0.39, 0.29) is 24.8 Å². The van der Waals surface area contributed by atoms with Crippen molar-refractivity contribution in [3.8, 4) is 0 Å². The summed E-state index contributed by atoms with van der Waals surface area (Å²) in [5.74, 6) is -2.08. The highest BCUT2D eigenvalue weighted by Gasteiger charge is 2.26. The molecule has 0 aliphatic rings. The molecule has 2 rings (SSSR count). The number of rotatable bonds is 9. The SMILES string of the molecule is CC(C)[C@H](NC(=O)Cc1ccccc1)C(=O)OCC(=O)NC(=O)NCc1ccccc1. The summed E-state index contributed by atoms with van der Waals surface area (Å²) in [5.41, 5.74) is 1.69. The van der Waals surface area contributed by atoms with E-state index >= 15 is 0 Å². The molecule has 0 spiro atoms. The Morgan fingerprint density at radius 3 is 2.00 bits per heavy atom. The van der Waals surface area contributed by atoms with Gasteiger partial charge in [-0.3, -0.25) is 14.9 Å². The molecule has 0 radical (unpaired) electrons. The Bertz CT molecular complexity index is 885. The van der Waals surface area contributed by atoms with Gasteiger partial charge in [0.25, 0.3) is 5.91 Å². The van der Waals surface area contributed by atoms with Crippen LogP contribution in [0.4, 0.5) is 4.79 Å². The average molecular weight is 425 g/mol. The van der Waals surface area contributed by atoms with Crippen molar-refractivity contribution in [1.29, 1.82) is 0 Å². The van der Waals surface area contributed by atoms with Gasteiger partial charge in [0.05, 0.1) is 6.42 Å². The molecule has 0 unspecified atom stereocenters. The molecule has 0 fully saturated rings. The summed E-state index contributed by atoms with van der Waals surface area (Å²) < 4.78 is 5.00. The summed E-state index contributed by atoms with van der Waals surface area (Å²) in [4.78, 5) is 48.3. The van der Waals surface area contributed by atoms with Gasteiger partial charge in [0.2, 0.25) is 5.91 Å². The van der Waals surface area contributed by atoms with E-state index in [2.05, 4.69) is 16.0 Å². The number of urea groups is 1. The summed E-state index contributed by atoms with van der Waals surface area (Å²) in [7, 11) is 0. The Hall–Kier alpha value is -3.68. The van der Waals surface area contributed by atoms with Crippen molar-refractivity contribution in [3.63, 3.8) is 0 Å². The van der Waals surface area contributed by atoms with Gasteiger partial charge in [-0.25, -0.2) is 9.59 Å². The first kappa shape index (κ1) is 23.6. The van der Waals surface area contributed by atoms with Crippen molar-refractivity contribution in [2.45, 2.75) is 32.9 Å². The molecule has 164 valence electrons. The highest BCUT2D eigenvalue weighted by molar-refractivity contribution is 5.96. The second kappa shape index (κ2) is 12.1. The zero-order valence-electron chi connectivity index (χ0n) is 17.6. The van der Waals surface area contributed by atoms with Gasteiger partial charge in [-0.05, 0) is 17.0 Å². The standard InChI is InChI=1S/C23H27N3O5/c1-16(2)21(25-19(27)13-17-9-5-3-6-10-17)22(29)31-15-20(28)26-23(30)24-14-18-11-7-4-8-12-18/h3-12,16,21H,13-15H2,1-2H3,(H,25,27)(H2,24,26,28,30)/t21-/m0/s1. The van der Waals surface area contributed by atoms with Gasteiger partial charge >= 0.3 is 12.0 Å². The molecular formula is C23H27N3O5. The van der Waals surface area contributed by atoms with Crippen LogP contribution in [-0.4, -0.2) is 36.5 Å². The number of hydrogen-bond acceptors (Lipinski definition) is 5. The van der Waals surface area contributed by atoms with Crippen LogP contribution in [0.25, 0.3) is 0 Å². The molecule has 31 heavy (non-hydrogen) atoms. The molecule has 2 aromatic carbocycles.